The molecule has 0 bridgehead atoms. The number of hydrogen-bond acceptors (Lipinski definition) is 6. The van der Waals surface area contributed by atoms with Gasteiger partial charge in [-0.25, -0.2) is 0 Å². The molecular weight excluding hydrogens is 219 g/mol. The second kappa shape index (κ2) is 4.82. The number of carbonyl (C=O) groups is 1. The van der Waals surface area contributed by atoms with Crippen molar-refractivity contribution < 1.29 is 18.5 Å². The standard InChI is InChI=1S/C8H9N2O4P/c1-4(2)6-5(10-8(9)14-6)7(11)13-3-15-12/h4H,1-2H3,(H2,9,10). The van der Waals surface area contributed by atoms with Crippen molar-refractivity contribution in [3.8, 4) is 5.81 Å². The molecule has 15 heavy (non-hydrogen) atoms. The molecule has 6 nitrogen and oxygen atoms in total. The number of anilines is 1. The van der Waals surface area contributed by atoms with Crippen LogP contribution in [-0.4, -0.2) is 11.0 Å². The van der Waals surface area contributed by atoms with E-state index in [2.05, 4.69) is 9.72 Å². The van der Waals surface area contributed by atoms with Crippen molar-refractivity contribution in [2.45, 2.75) is 19.8 Å². The predicted octanol–water partition coefficient (Wildman–Crippen LogP) is 1.75. The van der Waals surface area contributed by atoms with Gasteiger partial charge in [0.05, 0.1) is 0 Å². The van der Waals surface area contributed by atoms with E-state index >= 15 is 0 Å². The zero-order valence-corrected chi connectivity index (χ0v) is 9.08. The van der Waals surface area contributed by atoms with E-state index in [0.717, 1.165) is 0 Å². The summed E-state index contributed by atoms with van der Waals surface area (Å²) < 4.78 is 19.4. The van der Waals surface area contributed by atoms with Gasteiger partial charge in [-0.3, -0.25) is 0 Å². The molecule has 1 aromatic heterocycles. The van der Waals surface area contributed by atoms with Gasteiger partial charge in [0, 0.05) is 0 Å². The molecule has 80 valence electrons. The van der Waals surface area contributed by atoms with E-state index in [1.807, 2.05) is 19.7 Å². The molecule has 0 aliphatic rings. The number of carbonyl (C=O) groups excluding carboxylic acids is 1. The van der Waals surface area contributed by atoms with E-state index in [-0.39, 0.29) is 17.6 Å². The fourth-order valence-corrected chi connectivity index (χ4v) is 1.12. The number of esters is 1. The molecule has 7 heteroatoms. The summed E-state index contributed by atoms with van der Waals surface area (Å²) in [6, 6.07) is -0.106. The van der Waals surface area contributed by atoms with Gasteiger partial charge in [0.2, 0.25) is 0 Å². The minimum absolute atomic E-state index is 0.0151. The van der Waals surface area contributed by atoms with E-state index in [1.165, 1.54) is 0 Å². The molecule has 1 heterocycles. The zero-order valence-electron chi connectivity index (χ0n) is 8.18. The molecule has 1 rings (SSSR count). The van der Waals surface area contributed by atoms with Crippen molar-refractivity contribution in [2.75, 3.05) is 5.73 Å². The molecule has 0 atom stereocenters. The summed E-state index contributed by atoms with van der Waals surface area (Å²) in [6.45, 7) is 3.63. The summed E-state index contributed by atoms with van der Waals surface area (Å²) in [4.78, 5) is 15.0. The van der Waals surface area contributed by atoms with Crippen molar-refractivity contribution in [1.82, 2.24) is 4.98 Å². The Hall–Kier alpha value is -1.51. The first kappa shape index (κ1) is 11.6. The first-order valence-corrected chi connectivity index (χ1v) is 4.92. The van der Waals surface area contributed by atoms with E-state index < -0.39 is 13.9 Å². The monoisotopic (exact) mass is 228 g/mol. The van der Waals surface area contributed by atoms with Crippen LogP contribution in [0, 0.1) is 5.81 Å². The Labute approximate surface area is 86.9 Å². The number of nitrogens with zero attached hydrogens (tertiary/aromatic N) is 1. The van der Waals surface area contributed by atoms with E-state index in [0.29, 0.717) is 5.76 Å². The Bertz CT molecular complexity index is 474. The van der Waals surface area contributed by atoms with Gasteiger partial charge in [-0.2, -0.15) is 0 Å². The molecule has 0 fully saturated rings. The van der Waals surface area contributed by atoms with Crippen LogP contribution in [0.15, 0.2) is 4.42 Å². The predicted molar refractivity (Wildman–Crippen MR) is 51.9 cm³/mol. The fourth-order valence-electron chi connectivity index (χ4n) is 0.995. The molecular formula is C8H9N2O4P. The van der Waals surface area contributed by atoms with Gasteiger partial charge < -0.3 is 0 Å². The number of nitrogens with two attached hydrogens (primary N) is 1. The second-order valence-corrected chi connectivity index (χ2v) is 3.36. The van der Waals surface area contributed by atoms with Crippen molar-refractivity contribution in [3.63, 3.8) is 0 Å². The van der Waals surface area contributed by atoms with Crippen LogP contribution in [0.25, 0.3) is 0 Å². The second-order valence-electron chi connectivity index (χ2n) is 2.99. The van der Waals surface area contributed by atoms with Gasteiger partial charge in [0.15, 0.2) is 0 Å². The summed E-state index contributed by atoms with van der Waals surface area (Å²) in [5.74, 6) is 1.36. The zero-order chi connectivity index (χ0) is 11.4. The maximum absolute atomic E-state index is 11.3. The maximum atomic E-state index is 11.3. The SMILES string of the molecule is CC(C)c1oc(N)nc1C(=O)OC#P=O. The Morgan fingerprint density at radius 3 is 2.87 bits per heavy atom. The molecule has 0 aromatic carbocycles. The third-order valence-corrected chi connectivity index (χ3v) is 1.73. The molecule has 0 spiro atoms. The number of ether oxygens (including phenoxy) is 1. The fraction of sp³-hybridized carbons (Fsp3) is 0.375. The van der Waals surface area contributed by atoms with Crippen molar-refractivity contribution in [3.05, 3.63) is 11.5 Å². The third-order valence-electron chi connectivity index (χ3n) is 1.56. The number of rotatable bonds is 2. The van der Waals surface area contributed by atoms with Gasteiger partial charge in [-0.1, -0.05) is 0 Å². The van der Waals surface area contributed by atoms with Gasteiger partial charge in [0.1, 0.15) is 0 Å². The van der Waals surface area contributed by atoms with Gasteiger partial charge in [-0.15, -0.1) is 0 Å². The first-order valence-electron chi connectivity index (χ1n) is 4.11. The minimum atomic E-state index is -0.789. The number of aromatic nitrogens is 1. The van der Waals surface area contributed by atoms with Crippen LogP contribution in [0.5, 0.6) is 0 Å². The van der Waals surface area contributed by atoms with Crippen molar-refractivity contribution in [2.24, 2.45) is 0 Å². The van der Waals surface area contributed by atoms with E-state index in [4.69, 9.17) is 10.2 Å². The Balaban J connectivity index is 3.05. The van der Waals surface area contributed by atoms with Crippen LogP contribution in [0.1, 0.15) is 36.0 Å². The van der Waals surface area contributed by atoms with Crippen molar-refractivity contribution >= 4 is 19.9 Å². The summed E-state index contributed by atoms with van der Waals surface area (Å²) in [7, 11) is -0.513. The normalized spacial score (nSPS) is 9.80. The van der Waals surface area contributed by atoms with Crippen LogP contribution in [0.2, 0.25) is 0 Å². The molecule has 0 unspecified atom stereocenters. The van der Waals surface area contributed by atoms with Crippen LogP contribution >= 0.6 is 7.92 Å². The van der Waals surface area contributed by atoms with Gasteiger partial charge in [0.25, 0.3) is 0 Å². The third kappa shape index (κ3) is 2.72. The Morgan fingerprint density at radius 2 is 2.33 bits per heavy atom. The molecule has 0 aliphatic carbocycles. The Morgan fingerprint density at radius 1 is 1.67 bits per heavy atom. The van der Waals surface area contributed by atoms with E-state index in [1.54, 1.807) is 0 Å². The quantitative estimate of drug-likeness (QED) is 0.611. The van der Waals surface area contributed by atoms with Crippen LogP contribution < -0.4 is 5.73 Å². The summed E-state index contributed by atoms with van der Waals surface area (Å²) in [5.41, 5.74) is 5.30. The molecule has 0 saturated carbocycles. The number of nitrogen functional groups attached to an aromatic ring is 1. The summed E-state index contributed by atoms with van der Waals surface area (Å²) >= 11 is 0. The average molecular weight is 228 g/mol. The molecule has 0 amide bonds. The molecule has 2 N–H and O–H groups in total. The average Bonchev–Trinajstić information content (AvgIpc) is 2.57. The number of hydrogen-bond donors (Lipinski definition) is 1. The van der Waals surface area contributed by atoms with E-state index in [9.17, 15) is 9.36 Å². The summed E-state index contributed by atoms with van der Waals surface area (Å²) in [5, 5.41) is 0. The molecule has 0 radical (unpaired) electrons. The Kier molecular flexibility index (Phi) is 3.72. The number of oxazole rings is 1. The summed E-state index contributed by atoms with van der Waals surface area (Å²) in [6.07, 6.45) is 0. The van der Waals surface area contributed by atoms with Crippen LogP contribution in [0.4, 0.5) is 6.01 Å². The van der Waals surface area contributed by atoms with Crippen LogP contribution in [0.3, 0.4) is 0 Å². The molecule has 0 aliphatic heterocycles. The first-order chi connectivity index (χ1) is 7.06. The molecule has 1 aromatic rings. The van der Waals surface area contributed by atoms with Gasteiger partial charge in [-0.05, 0) is 0 Å². The topological polar surface area (TPSA) is 95.4 Å². The van der Waals surface area contributed by atoms with Gasteiger partial charge >= 0.3 is 86.2 Å². The van der Waals surface area contributed by atoms with Crippen molar-refractivity contribution in [1.29, 1.82) is 0 Å². The van der Waals surface area contributed by atoms with Crippen LogP contribution in [-0.2, 0) is 9.30 Å². The molecule has 0 saturated heterocycles.